The number of nitrogens with zero attached hydrogens (tertiary/aromatic N) is 1. The second-order valence-corrected chi connectivity index (χ2v) is 5.00. The number of methoxy groups -OCH3 is 1. The minimum atomic E-state index is -0.394. The van der Waals surface area contributed by atoms with Crippen LogP contribution in [0.2, 0.25) is 0 Å². The van der Waals surface area contributed by atoms with Crippen molar-refractivity contribution in [2.75, 3.05) is 30.9 Å². The van der Waals surface area contributed by atoms with Crippen LogP contribution in [0.25, 0.3) is 0 Å². The average Bonchev–Trinajstić information content (AvgIpc) is 2.27. The average molecular weight is 267 g/mol. The fourth-order valence-electron chi connectivity index (χ4n) is 1.88. The van der Waals surface area contributed by atoms with Gasteiger partial charge in [-0.3, -0.25) is 10.1 Å². The molecular formula is C13H21N3O3. The van der Waals surface area contributed by atoms with Gasteiger partial charge in [-0.05, 0) is 26.8 Å². The first-order valence-corrected chi connectivity index (χ1v) is 6.18. The van der Waals surface area contributed by atoms with E-state index in [1.165, 1.54) is 12.1 Å². The van der Waals surface area contributed by atoms with E-state index in [9.17, 15) is 10.1 Å². The summed E-state index contributed by atoms with van der Waals surface area (Å²) in [5.74, 6) is 0. The van der Waals surface area contributed by atoms with Crippen LogP contribution in [0, 0.1) is 10.1 Å². The normalized spacial score (nSPS) is 11.2. The minimum absolute atomic E-state index is 0.0640. The SMILES string of the molecule is CCNc1cc(NC(C)(C)COC)cc([N+](=O)[O-])c1. The molecule has 0 bridgehead atoms. The lowest BCUT2D eigenvalue weighted by Crippen LogP contribution is -2.35. The van der Waals surface area contributed by atoms with Gasteiger partial charge in [0, 0.05) is 37.2 Å². The van der Waals surface area contributed by atoms with Crippen LogP contribution in [0.4, 0.5) is 17.1 Å². The largest absolute Gasteiger partial charge is 0.385 e. The number of non-ortho nitro benzene ring substituents is 1. The molecule has 2 N–H and O–H groups in total. The predicted molar refractivity (Wildman–Crippen MR) is 76.8 cm³/mol. The molecule has 106 valence electrons. The van der Waals surface area contributed by atoms with Crippen LogP contribution >= 0.6 is 0 Å². The molecule has 0 unspecified atom stereocenters. The Morgan fingerprint density at radius 1 is 1.32 bits per heavy atom. The van der Waals surface area contributed by atoms with Crippen molar-refractivity contribution in [3.8, 4) is 0 Å². The lowest BCUT2D eigenvalue weighted by molar-refractivity contribution is -0.384. The molecular weight excluding hydrogens is 246 g/mol. The van der Waals surface area contributed by atoms with Crippen LogP contribution < -0.4 is 10.6 Å². The second kappa shape index (κ2) is 6.38. The van der Waals surface area contributed by atoms with Gasteiger partial charge in [0.25, 0.3) is 5.69 Å². The van der Waals surface area contributed by atoms with Crippen molar-refractivity contribution in [1.82, 2.24) is 0 Å². The van der Waals surface area contributed by atoms with Gasteiger partial charge in [-0.1, -0.05) is 0 Å². The summed E-state index contributed by atoms with van der Waals surface area (Å²) in [5.41, 5.74) is 1.20. The van der Waals surface area contributed by atoms with Crippen molar-refractivity contribution in [3.63, 3.8) is 0 Å². The van der Waals surface area contributed by atoms with Crippen LogP contribution in [0.1, 0.15) is 20.8 Å². The molecule has 0 saturated heterocycles. The zero-order valence-corrected chi connectivity index (χ0v) is 11.8. The third kappa shape index (κ3) is 4.75. The maximum Gasteiger partial charge on any atom is 0.273 e. The summed E-state index contributed by atoms with van der Waals surface area (Å²) in [6, 6.07) is 4.91. The van der Waals surface area contributed by atoms with Gasteiger partial charge in [0.15, 0.2) is 0 Å². The Bertz CT molecular complexity index is 447. The first-order valence-electron chi connectivity index (χ1n) is 6.18. The van der Waals surface area contributed by atoms with Gasteiger partial charge in [-0.2, -0.15) is 0 Å². The van der Waals surface area contributed by atoms with Crippen molar-refractivity contribution in [1.29, 1.82) is 0 Å². The highest BCUT2D eigenvalue weighted by atomic mass is 16.6. The summed E-state index contributed by atoms with van der Waals surface area (Å²) in [4.78, 5) is 10.5. The van der Waals surface area contributed by atoms with Gasteiger partial charge in [0.1, 0.15) is 0 Å². The van der Waals surface area contributed by atoms with Crippen molar-refractivity contribution in [2.45, 2.75) is 26.3 Å². The molecule has 1 rings (SSSR count). The number of rotatable bonds is 7. The summed E-state index contributed by atoms with van der Waals surface area (Å²) in [7, 11) is 1.63. The lowest BCUT2D eigenvalue weighted by atomic mass is 10.1. The van der Waals surface area contributed by atoms with Crippen LogP contribution in [0.5, 0.6) is 0 Å². The van der Waals surface area contributed by atoms with E-state index in [4.69, 9.17) is 4.74 Å². The molecule has 6 nitrogen and oxygen atoms in total. The zero-order valence-electron chi connectivity index (χ0n) is 11.8. The molecule has 0 spiro atoms. The molecule has 19 heavy (non-hydrogen) atoms. The van der Waals surface area contributed by atoms with Gasteiger partial charge < -0.3 is 15.4 Å². The molecule has 0 amide bonds. The van der Waals surface area contributed by atoms with E-state index in [0.717, 1.165) is 5.69 Å². The smallest absolute Gasteiger partial charge is 0.273 e. The van der Waals surface area contributed by atoms with Crippen molar-refractivity contribution >= 4 is 17.1 Å². The number of hydrogen-bond acceptors (Lipinski definition) is 5. The number of anilines is 2. The highest BCUT2D eigenvalue weighted by Crippen LogP contribution is 2.26. The van der Waals surface area contributed by atoms with Gasteiger partial charge in [-0.25, -0.2) is 0 Å². The Kier molecular flexibility index (Phi) is 5.11. The molecule has 0 saturated carbocycles. The summed E-state index contributed by atoms with van der Waals surface area (Å²) in [6.07, 6.45) is 0. The van der Waals surface area contributed by atoms with Gasteiger partial charge >= 0.3 is 0 Å². The first-order chi connectivity index (χ1) is 8.88. The summed E-state index contributed by atoms with van der Waals surface area (Å²) < 4.78 is 5.12. The van der Waals surface area contributed by atoms with E-state index in [0.29, 0.717) is 18.8 Å². The summed E-state index contributed by atoms with van der Waals surface area (Å²) in [6.45, 7) is 7.11. The predicted octanol–water partition coefficient (Wildman–Crippen LogP) is 2.86. The first kappa shape index (κ1) is 15.2. The summed E-state index contributed by atoms with van der Waals surface area (Å²) in [5, 5.41) is 17.3. The Morgan fingerprint density at radius 3 is 2.47 bits per heavy atom. The number of ether oxygens (including phenoxy) is 1. The number of nitrogens with one attached hydrogen (secondary N) is 2. The van der Waals surface area contributed by atoms with Crippen molar-refractivity contribution < 1.29 is 9.66 Å². The Hall–Kier alpha value is -1.82. The van der Waals surface area contributed by atoms with E-state index in [2.05, 4.69) is 10.6 Å². The topological polar surface area (TPSA) is 76.4 Å². The molecule has 1 aromatic rings. The number of nitro groups is 1. The van der Waals surface area contributed by atoms with Gasteiger partial charge in [-0.15, -0.1) is 0 Å². The van der Waals surface area contributed by atoms with Crippen LogP contribution in [-0.4, -0.2) is 30.7 Å². The molecule has 1 aromatic carbocycles. The molecule has 0 atom stereocenters. The summed E-state index contributed by atoms with van der Waals surface area (Å²) >= 11 is 0. The Morgan fingerprint density at radius 2 is 1.95 bits per heavy atom. The van der Waals surface area contributed by atoms with Crippen molar-refractivity contribution in [2.24, 2.45) is 0 Å². The molecule has 0 aliphatic carbocycles. The van der Waals surface area contributed by atoms with Crippen LogP contribution in [0.3, 0.4) is 0 Å². The highest BCUT2D eigenvalue weighted by molar-refractivity contribution is 5.64. The quantitative estimate of drug-likeness (QED) is 0.587. The third-order valence-electron chi connectivity index (χ3n) is 2.50. The van der Waals surface area contributed by atoms with E-state index in [1.54, 1.807) is 7.11 Å². The molecule has 0 aromatic heterocycles. The third-order valence-corrected chi connectivity index (χ3v) is 2.50. The monoisotopic (exact) mass is 267 g/mol. The zero-order chi connectivity index (χ0) is 14.5. The number of benzene rings is 1. The lowest BCUT2D eigenvalue weighted by Gasteiger charge is -2.26. The maximum atomic E-state index is 10.9. The van der Waals surface area contributed by atoms with E-state index in [1.807, 2.05) is 26.8 Å². The molecule has 0 fully saturated rings. The van der Waals surface area contributed by atoms with Crippen LogP contribution in [-0.2, 0) is 4.74 Å². The molecule has 6 heteroatoms. The minimum Gasteiger partial charge on any atom is -0.385 e. The Balaban J connectivity index is 3.02. The Labute approximate surface area is 113 Å². The van der Waals surface area contributed by atoms with Gasteiger partial charge in [0.2, 0.25) is 0 Å². The maximum absolute atomic E-state index is 10.9. The fraction of sp³-hybridized carbons (Fsp3) is 0.538. The van der Waals surface area contributed by atoms with E-state index >= 15 is 0 Å². The standard InChI is InChI=1S/C13H21N3O3/c1-5-14-10-6-11(8-12(7-10)16(17)18)15-13(2,3)9-19-4/h6-8,14-15H,5,9H2,1-4H3. The molecule has 0 aliphatic heterocycles. The van der Waals surface area contributed by atoms with Crippen LogP contribution in [0.15, 0.2) is 18.2 Å². The van der Waals surface area contributed by atoms with Crippen molar-refractivity contribution in [3.05, 3.63) is 28.3 Å². The molecule has 0 radical (unpaired) electrons. The van der Waals surface area contributed by atoms with Gasteiger partial charge in [0.05, 0.1) is 17.1 Å². The molecule has 0 heterocycles. The highest BCUT2D eigenvalue weighted by Gasteiger charge is 2.19. The second-order valence-electron chi connectivity index (χ2n) is 5.00. The van der Waals surface area contributed by atoms with E-state index in [-0.39, 0.29) is 11.2 Å². The fourth-order valence-corrected chi connectivity index (χ4v) is 1.88. The van der Waals surface area contributed by atoms with E-state index < -0.39 is 4.92 Å². The molecule has 0 aliphatic rings. The number of hydrogen-bond donors (Lipinski definition) is 2. The number of nitro benzene ring substituents is 1.